The van der Waals surface area contributed by atoms with E-state index in [4.69, 9.17) is 0 Å². The third kappa shape index (κ3) is 1.67. The van der Waals surface area contributed by atoms with E-state index in [1.807, 2.05) is 0 Å². The minimum atomic E-state index is -1.43. The van der Waals surface area contributed by atoms with Crippen molar-refractivity contribution in [3.8, 4) is 0 Å². The normalized spacial score (nSPS) is 21.9. The van der Waals surface area contributed by atoms with Crippen LogP contribution in [0.5, 0.6) is 0 Å². The van der Waals surface area contributed by atoms with Gasteiger partial charge in [-0.1, -0.05) is 25.1 Å². The third-order valence-corrected chi connectivity index (χ3v) is 3.29. The van der Waals surface area contributed by atoms with Crippen molar-refractivity contribution in [1.29, 1.82) is 0 Å². The lowest BCUT2D eigenvalue weighted by Crippen LogP contribution is -2.46. The summed E-state index contributed by atoms with van der Waals surface area (Å²) in [6.07, 6.45) is 0.312. The van der Waals surface area contributed by atoms with Crippen molar-refractivity contribution < 1.29 is 19.4 Å². The first-order chi connectivity index (χ1) is 8.54. The summed E-state index contributed by atoms with van der Waals surface area (Å²) < 4.78 is 4.55. The zero-order valence-corrected chi connectivity index (χ0v) is 10.3. The van der Waals surface area contributed by atoms with E-state index in [9.17, 15) is 14.7 Å². The van der Waals surface area contributed by atoms with Crippen molar-refractivity contribution in [3.63, 3.8) is 0 Å². The zero-order chi connectivity index (χ0) is 13.3. The fourth-order valence-corrected chi connectivity index (χ4v) is 2.26. The van der Waals surface area contributed by atoms with E-state index in [0.29, 0.717) is 17.5 Å². The summed E-state index contributed by atoms with van der Waals surface area (Å²) in [7, 11) is 1.25. The van der Waals surface area contributed by atoms with Crippen LogP contribution in [0.3, 0.4) is 0 Å². The quantitative estimate of drug-likeness (QED) is 0.807. The van der Waals surface area contributed by atoms with Gasteiger partial charge in [0, 0.05) is 11.1 Å². The number of carbonyl (C=O) groups excluding carboxylic acids is 2. The maximum atomic E-state index is 12.2. The molecule has 1 atom stereocenters. The van der Waals surface area contributed by atoms with Gasteiger partial charge >= 0.3 is 5.97 Å². The van der Waals surface area contributed by atoms with E-state index in [1.165, 1.54) is 7.11 Å². The van der Waals surface area contributed by atoms with Gasteiger partial charge in [-0.05, 0) is 12.5 Å². The van der Waals surface area contributed by atoms with E-state index >= 15 is 0 Å². The van der Waals surface area contributed by atoms with Gasteiger partial charge in [-0.25, -0.2) is 0 Å². The number of amides is 1. The number of hydrogen-bond acceptors (Lipinski definition) is 4. The van der Waals surface area contributed by atoms with Crippen molar-refractivity contribution in [2.45, 2.75) is 19.1 Å². The largest absolute Gasteiger partial charge is 0.468 e. The molecule has 1 N–H and O–H groups in total. The molecule has 18 heavy (non-hydrogen) atoms. The molecule has 1 aliphatic rings. The molecule has 1 unspecified atom stereocenters. The van der Waals surface area contributed by atoms with E-state index in [0.717, 1.165) is 4.90 Å². The molecular weight excluding hydrogens is 234 g/mol. The molecule has 2 rings (SSSR count). The van der Waals surface area contributed by atoms with Crippen molar-refractivity contribution in [3.05, 3.63) is 35.4 Å². The fraction of sp³-hybridized carbons (Fsp3) is 0.385. The second-order valence-corrected chi connectivity index (χ2v) is 4.18. The number of benzene rings is 1. The monoisotopic (exact) mass is 249 g/mol. The number of esters is 1. The molecule has 0 aliphatic carbocycles. The Kier molecular flexibility index (Phi) is 3.09. The van der Waals surface area contributed by atoms with Crippen LogP contribution >= 0.6 is 0 Å². The van der Waals surface area contributed by atoms with E-state index in [2.05, 4.69) is 4.74 Å². The Balaban J connectivity index is 2.45. The molecule has 1 amide bonds. The highest BCUT2D eigenvalue weighted by Crippen LogP contribution is 2.39. The van der Waals surface area contributed by atoms with Gasteiger partial charge in [0.25, 0.3) is 5.91 Å². The molecule has 1 aromatic carbocycles. The Hall–Kier alpha value is -1.88. The molecule has 0 aromatic heterocycles. The lowest BCUT2D eigenvalue weighted by atomic mass is 9.99. The van der Waals surface area contributed by atoms with Crippen molar-refractivity contribution >= 4 is 11.9 Å². The first kappa shape index (κ1) is 12.6. The topological polar surface area (TPSA) is 66.8 Å². The number of fused-ring (bicyclic) bond motifs is 1. The Labute approximate surface area is 105 Å². The van der Waals surface area contributed by atoms with Crippen LogP contribution in [-0.2, 0) is 15.3 Å². The molecule has 96 valence electrons. The van der Waals surface area contributed by atoms with Gasteiger partial charge in [-0.2, -0.15) is 0 Å². The number of rotatable bonds is 3. The van der Waals surface area contributed by atoms with Gasteiger partial charge in [-0.3, -0.25) is 14.5 Å². The van der Waals surface area contributed by atoms with Gasteiger partial charge in [0.15, 0.2) is 5.72 Å². The highest BCUT2D eigenvalue weighted by molar-refractivity contribution is 6.01. The molecule has 0 saturated carbocycles. The predicted molar refractivity (Wildman–Crippen MR) is 63.7 cm³/mol. The Bertz CT molecular complexity index is 500. The van der Waals surface area contributed by atoms with Gasteiger partial charge in [0.05, 0.1) is 7.11 Å². The van der Waals surface area contributed by atoms with Gasteiger partial charge in [-0.15, -0.1) is 0 Å². The first-order valence-corrected chi connectivity index (χ1v) is 5.75. The maximum absolute atomic E-state index is 12.2. The molecule has 0 fully saturated rings. The number of carbonyl (C=O) groups is 2. The van der Waals surface area contributed by atoms with Crippen LogP contribution in [0, 0.1) is 0 Å². The van der Waals surface area contributed by atoms with Crippen LogP contribution in [-0.4, -0.2) is 35.5 Å². The van der Waals surface area contributed by atoms with E-state index < -0.39 is 11.7 Å². The standard InChI is InChI=1S/C13H15NO4/c1-3-13(17)10-7-5-4-6-9(10)12(16)14(13)8-11(15)18-2/h4-7,17H,3,8H2,1-2H3. The van der Waals surface area contributed by atoms with Crippen LogP contribution in [0.1, 0.15) is 29.3 Å². The molecule has 0 saturated heterocycles. The summed E-state index contributed by atoms with van der Waals surface area (Å²) in [6.45, 7) is 1.51. The first-order valence-electron chi connectivity index (χ1n) is 5.75. The van der Waals surface area contributed by atoms with E-state index in [-0.39, 0.29) is 12.5 Å². The molecule has 5 heteroatoms. The third-order valence-electron chi connectivity index (χ3n) is 3.29. The molecule has 1 heterocycles. The number of aliphatic hydroxyl groups is 1. The van der Waals surface area contributed by atoms with E-state index in [1.54, 1.807) is 31.2 Å². The lowest BCUT2D eigenvalue weighted by Gasteiger charge is -2.32. The molecule has 0 spiro atoms. The van der Waals surface area contributed by atoms with Crippen LogP contribution in [0.25, 0.3) is 0 Å². The smallest absolute Gasteiger partial charge is 0.325 e. The lowest BCUT2D eigenvalue weighted by molar-refractivity contribution is -0.149. The summed E-state index contributed by atoms with van der Waals surface area (Å²) in [5.74, 6) is -0.900. The molecular formula is C13H15NO4. The highest BCUT2D eigenvalue weighted by Gasteiger charge is 2.47. The Morgan fingerprint density at radius 2 is 2.11 bits per heavy atom. The average molecular weight is 249 g/mol. The zero-order valence-electron chi connectivity index (χ0n) is 10.3. The van der Waals surface area contributed by atoms with Crippen LogP contribution in [0.2, 0.25) is 0 Å². The summed E-state index contributed by atoms with van der Waals surface area (Å²) in [5, 5.41) is 10.6. The van der Waals surface area contributed by atoms with Gasteiger partial charge in [0.1, 0.15) is 6.54 Å². The van der Waals surface area contributed by atoms with Gasteiger partial charge in [0.2, 0.25) is 0 Å². The molecule has 0 bridgehead atoms. The number of hydrogen-bond donors (Lipinski definition) is 1. The van der Waals surface area contributed by atoms with Crippen LogP contribution in [0.4, 0.5) is 0 Å². The van der Waals surface area contributed by atoms with Crippen molar-refractivity contribution in [2.24, 2.45) is 0 Å². The van der Waals surface area contributed by atoms with Crippen LogP contribution in [0.15, 0.2) is 24.3 Å². The summed E-state index contributed by atoms with van der Waals surface area (Å²) >= 11 is 0. The average Bonchev–Trinajstić information content (AvgIpc) is 2.62. The maximum Gasteiger partial charge on any atom is 0.325 e. The summed E-state index contributed by atoms with van der Waals surface area (Å²) in [5.41, 5.74) is -0.450. The SMILES string of the molecule is CCC1(O)c2ccccc2C(=O)N1CC(=O)OC. The van der Waals surface area contributed by atoms with Gasteiger partial charge < -0.3 is 9.84 Å². The summed E-state index contributed by atoms with van der Waals surface area (Å²) in [6, 6.07) is 6.84. The van der Waals surface area contributed by atoms with Crippen molar-refractivity contribution in [1.82, 2.24) is 4.90 Å². The summed E-state index contributed by atoms with van der Waals surface area (Å²) in [4.78, 5) is 24.7. The fourth-order valence-electron chi connectivity index (χ4n) is 2.26. The molecule has 0 radical (unpaired) electrons. The minimum Gasteiger partial charge on any atom is -0.468 e. The number of nitrogens with zero attached hydrogens (tertiary/aromatic N) is 1. The minimum absolute atomic E-state index is 0.256. The molecule has 5 nitrogen and oxygen atoms in total. The van der Waals surface area contributed by atoms with Crippen LogP contribution < -0.4 is 0 Å². The molecule has 1 aromatic rings. The number of methoxy groups -OCH3 is 1. The molecule has 1 aliphatic heterocycles. The Morgan fingerprint density at radius 1 is 1.44 bits per heavy atom. The highest BCUT2D eigenvalue weighted by atomic mass is 16.5. The predicted octanol–water partition coefficient (Wildman–Crippen LogP) is 0.871. The second-order valence-electron chi connectivity index (χ2n) is 4.18. The Morgan fingerprint density at radius 3 is 2.72 bits per heavy atom. The van der Waals surface area contributed by atoms with Crippen molar-refractivity contribution in [2.75, 3.05) is 13.7 Å². The number of ether oxygens (including phenoxy) is 1. The second kappa shape index (κ2) is 4.42.